The summed E-state index contributed by atoms with van der Waals surface area (Å²) in [5.41, 5.74) is 9.09. The van der Waals surface area contributed by atoms with E-state index in [-0.39, 0.29) is 5.41 Å². The van der Waals surface area contributed by atoms with E-state index in [9.17, 15) is 0 Å². The first kappa shape index (κ1) is 19.6. The van der Waals surface area contributed by atoms with Gasteiger partial charge in [0.1, 0.15) is 0 Å². The van der Waals surface area contributed by atoms with Crippen molar-refractivity contribution in [1.82, 2.24) is 15.0 Å². The number of aromatic nitrogens is 3. The molecule has 6 rings (SSSR count). The molecular weight excluding hydrogens is 402 g/mol. The number of fused-ring (bicyclic) bond motifs is 3. The lowest BCUT2D eigenvalue weighted by molar-refractivity contribution is 0.656. The molecule has 0 N–H and O–H groups in total. The molecule has 0 radical (unpaired) electrons. The lowest BCUT2D eigenvalue weighted by atomic mass is 9.81. The van der Waals surface area contributed by atoms with Crippen LogP contribution in [0.4, 0.5) is 0 Å². The lowest BCUT2D eigenvalue weighted by Crippen LogP contribution is -2.17. The van der Waals surface area contributed by atoms with Crippen molar-refractivity contribution in [3.8, 4) is 45.3 Å². The summed E-state index contributed by atoms with van der Waals surface area (Å²) in [7, 11) is 0. The Balaban J connectivity index is 1.65. The molecule has 2 heterocycles. The van der Waals surface area contributed by atoms with E-state index in [1.165, 1.54) is 5.56 Å². The van der Waals surface area contributed by atoms with Crippen LogP contribution in [-0.2, 0) is 5.41 Å². The molecule has 0 aliphatic heterocycles. The van der Waals surface area contributed by atoms with Gasteiger partial charge in [-0.25, -0.2) is 15.0 Å². The van der Waals surface area contributed by atoms with E-state index in [1.54, 1.807) is 0 Å². The van der Waals surface area contributed by atoms with Crippen LogP contribution in [-0.4, -0.2) is 15.0 Å². The first-order chi connectivity index (χ1) is 16.1. The SMILES string of the molecule is CC1(C)c2ccc(-c3ccccc3)nc2-c2nc(-c3ccccc3)nc(-c3ccccc3)c21. The van der Waals surface area contributed by atoms with E-state index in [0.29, 0.717) is 0 Å². The van der Waals surface area contributed by atoms with E-state index in [4.69, 9.17) is 15.0 Å². The predicted octanol–water partition coefficient (Wildman–Crippen LogP) is 7.18. The Labute approximate surface area is 193 Å². The molecule has 1 aliphatic carbocycles. The van der Waals surface area contributed by atoms with Crippen LogP contribution >= 0.6 is 0 Å². The third kappa shape index (κ3) is 3.16. The molecule has 0 spiro atoms. The highest BCUT2D eigenvalue weighted by molar-refractivity contribution is 5.85. The van der Waals surface area contributed by atoms with E-state index in [0.717, 1.165) is 50.9 Å². The first-order valence-corrected chi connectivity index (χ1v) is 11.2. The molecule has 5 aromatic rings. The number of hydrogen-bond donors (Lipinski definition) is 0. The van der Waals surface area contributed by atoms with Gasteiger partial charge in [0.05, 0.1) is 22.8 Å². The summed E-state index contributed by atoms with van der Waals surface area (Å²) in [4.78, 5) is 15.4. The van der Waals surface area contributed by atoms with Gasteiger partial charge in [0.15, 0.2) is 5.82 Å². The van der Waals surface area contributed by atoms with Crippen LogP contribution in [0.25, 0.3) is 45.3 Å². The fraction of sp³-hybridized carbons (Fsp3) is 0.100. The minimum absolute atomic E-state index is 0.257. The molecule has 1 aliphatic rings. The summed E-state index contributed by atoms with van der Waals surface area (Å²) < 4.78 is 0. The first-order valence-electron chi connectivity index (χ1n) is 11.2. The number of rotatable bonds is 3. The van der Waals surface area contributed by atoms with Crippen LogP contribution in [0.2, 0.25) is 0 Å². The van der Waals surface area contributed by atoms with Gasteiger partial charge >= 0.3 is 0 Å². The highest BCUT2D eigenvalue weighted by Gasteiger charge is 2.41. The zero-order valence-corrected chi connectivity index (χ0v) is 18.7. The normalized spacial score (nSPS) is 13.4. The summed E-state index contributed by atoms with van der Waals surface area (Å²) in [6.07, 6.45) is 0. The number of hydrogen-bond acceptors (Lipinski definition) is 3. The van der Waals surface area contributed by atoms with Gasteiger partial charge in [-0.2, -0.15) is 0 Å². The van der Waals surface area contributed by atoms with Gasteiger partial charge in [0.2, 0.25) is 0 Å². The second kappa shape index (κ2) is 7.49. The quantitative estimate of drug-likeness (QED) is 0.307. The Hall–Kier alpha value is -4.11. The summed E-state index contributed by atoms with van der Waals surface area (Å²) in [6, 6.07) is 35.2. The average Bonchev–Trinajstić information content (AvgIpc) is 3.11. The van der Waals surface area contributed by atoms with E-state index >= 15 is 0 Å². The van der Waals surface area contributed by atoms with Crippen molar-refractivity contribution in [2.24, 2.45) is 0 Å². The third-order valence-electron chi connectivity index (χ3n) is 6.48. The average molecular weight is 426 g/mol. The Kier molecular flexibility index (Phi) is 4.44. The molecule has 158 valence electrons. The van der Waals surface area contributed by atoms with E-state index < -0.39 is 0 Å². The van der Waals surface area contributed by atoms with Crippen molar-refractivity contribution in [3.05, 3.63) is 114 Å². The topological polar surface area (TPSA) is 38.7 Å². The number of nitrogens with zero attached hydrogens (tertiary/aromatic N) is 3. The van der Waals surface area contributed by atoms with Gasteiger partial charge in [0, 0.05) is 27.7 Å². The van der Waals surface area contributed by atoms with Crippen molar-refractivity contribution < 1.29 is 0 Å². The monoisotopic (exact) mass is 425 g/mol. The molecule has 0 amide bonds. The minimum Gasteiger partial charge on any atom is -0.246 e. The van der Waals surface area contributed by atoms with Crippen molar-refractivity contribution in [2.45, 2.75) is 19.3 Å². The molecule has 0 unspecified atom stereocenters. The molecule has 3 aromatic carbocycles. The number of benzene rings is 3. The standard InChI is InChI=1S/C30H23N3/c1-30(2)23-18-19-24(20-12-6-3-7-13-20)31-27(23)28-25(30)26(21-14-8-4-9-15-21)32-29(33-28)22-16-10-5-11-17-22/h3-19H,1-2H3. The Bertz CT molecular complexity index is 1460. The molecular formula is C30H23N3. The van der Waals surface area contributed by atoms with Crippen LogP contribution in [0.5, 0.6) is 0 Å². The van der Waals surface area contributed by atoms with Crippen molar-refractivity contribution in [2.75, 3.05) is 0 Å². The predicted molar refractivity (Wildman–Crippen MR) is 134 cm³/mol. The second-order valence-corrected chi connectivity index (χ2v) is 8.94. The second-order valence-electron chi connectivity index (χ2n) is 8.94. The van der Waals surface area contributed by atoms with Crippen molar-refractivity contribution in [1.29, 1.82) is 0 Å². The highest BCUT2D eigenvalue weighted by atomic mass is 14.9. The van der Waals surface area contributed by atoms with Gasteiger partial charge < -0.3 is 0 Å². The molecule has 0 fully saturated rings. The molecule has 0 saturated carbocycles. The molecule has 3 heteroatoms. The third-order valence-corrected chi connectivity index (χ3v) is 6.48. The maximum Gasteiger partial charge on any atom is 0.160 e. The smallest absolute Gasteiger partial charge is 0.160 e. The van der Waals surface area contributed by atoms with Crippen LogP contribution in [0.15, 0.2) is 103 Å². The molecule has 2 aromatic heterocycles. The van der Waals surface area contributed by atoms with Crippen LogP contribution in [0, 0.1) is 0 Å². The van der Waals surface area contributed by atoms with Gasteiger partial charge in [-0.15, -0.1) is 0 Å². The van der Waals surface area contributed by atoms with Gasteiger partial charge in [-0.3, -0.25) is 0 Å². The lowest BCUT2D eigenvalue weighted by Gasteiger charge is -2.23. The largest absolute Gasteiger partial charge is 0.246 e. The van der Waals surface area contributed by atoms with E-state index in [2.05, 4.69) is 74.5 Å². The Morgan fingerprint density at radius 2 is 1.03 bits per heavy atom. The minimum atomic E-state index is -0.257. The maximum absolute atomic E-state index is 5.14. The summed E-state index contributed by atoms with van der Waals surface area (Å²) in [6.45, 7) is 4.50. The number of pyridine rings is 1. The molecule has 0 saturated heterocycles. The fourth-order valence-electron chi connectivity index (χ4n) is 4.79. The van der Waals surface area contributed by atoms with Crippen molar-refractivity contribution >= 4 is 0 Å². The van der Waals surface area contributed by atoms with Gasteiger partial charge in [-0.1, -0.05) is 111 Å². The summed E-state index contributed by atoms with van der Waals surface area (Å²) in [5, 5.41) is 0. The summed E-state index contributed by atoms with van der Waals surface area (Å²) in [5.74, 6) is 0.726. The Morgan fingerprint density at radius 1 is 0.485 bits per heavy atom. The summed E-state index contributed by atoms with van der Waals surface area (Å²) >= 11 is 0. The molecule has 33 heavy (non-hydrogen) atoms. The molecule has 0 bridgehead atoms. The van der Waals surface area contributed by atoms with Crippen LogP contribution < -0.4 is 0 Å². The van der Waals surface area contributed by atoms with Gasteiger partial charge in [0.25, 0.3) is 0 Å². The van der Waals surface area contributed by atoms with Gasteiger partial charge in [-0.05, 0) is 11.6 Å². The van der Waals surface area contributed by atoms with Crippen LogP contribution in [0.3, 0.4) is 0 Å². The maximum atomic E-state index is 5.14. The highest BCUT2D eigenvalue weighted by Crippen LogP contribution is 2.51. The fourth-order valence-corrected chi connectivity index (χ4v) is 4.79. The van der Waals surface area contributed by atoms with Crippen LogP contribution in [0.1, 0.15) is 25.0 Å². The molecule has 0 atom stereocenters. The zero-order chi connectivity index (χ0) is 22.4. The Morgan fingerprint density at radius 3 is 1.67 bits per heavy atom. The molecule has 3 nitrogen and oxygen atoms in total. The van der Waals surface area contributed by atoms with Crippen molar-refractivity contribution in [3.63, 3.8) is 0 Å². The zero-order valence-electron chi connectivity index (χ0n) is 18.7. The van der Waals surface area contributed by atoms with E-state index in [1.807, 2.05) is 42.5 Å².